The second-order valence-electron chi connectivity index (χ2n) is 3.31. The highest BCUT2D eigenvalue weighted by Gasteiger charge is 2.30. The summed E-state index contributed by atoms with van der Waals surface area (Å²) in [4.78, 5) is 24.0. The molecule has 0 saturated heterocycles. The second-order valence-corrected chi connectivity index (χ2v) is 3.31. The fourth-order valence-electron chi connectivity index (χ4n) is 1.38. The molecular weight excluding hydrogens is 264 g/mol. The van der Waals surface area contributed by atoms with Crippen LogP contribution in [0.1, 0.15) is 23.2 Å². The van der Waals surface area contributed by atoms with Crippen LogP contribution in [0.25, 0.3) is 0 Å². The predicted octanol–water partition coefficient (Wildman–Crippen LogP) is 1.51. The van der Waals surface area contributed by atoms with E-state index in [-0.39, 0.29) is 5.56 Å². The predicted molar refractivity (Wildman–Crippen MR) is 56.3 cm³/mol. The van der Waals surface area contributed by atoms with Crippen LogP contribution in [0.5, 0.6) is 0 Å². The Bertz CT molecular complexity index is 569. The molecule has 1 aromatic rings. The van der Waals surface area contributed by atoms with Gasteiger partial charge in [0.1, 0.15) is 11.6 Å². The minimum Gasteiger partial charge on any atom is -0.469 e. The van der Waals surface area contributed by atoms with Gasteiger partial charge in [0, 0.05) is 11.8 Å². The Labute approximate surface area is 105 Å². The van der Waals surface area contributed by atoms with Gasteiger partial charge in [-0.25, -0.2) is 13.8 Å². The second kappa shape index (κ2) is 5.81. The van der Waals surface area contributed by atoms with E-state index in [2.05, 4.69) is 9.72 Å². The van der Waals surface area contributed by atoms with Crippen LogP contribution in [0.2, 0.25) is 0 Å². The third kappa shape index (κ3) is 2.98. The van der Waals surface area contributed by atoms with Crippen molar-refractivity contribution in [2.45, 2.75) is 12.8 Å². The van der Waals surface area contributed by atoms with Gasteiger partial charge in [0.25, 0.3) is 6.43 Å². The molecule has 0 saturated carbocycles. The molecule has 0 amide bonds. The molecule has 0 unspecified atom stereocenters. The normalized spacial score (nSPS) is 10.1. The number of rotatable bonds is 4. The van der Waals surface area contributed by atoms with E-state index < -0.39 is 40.7 Å². The number of esters is 1. The van der Waals surface area contributed by atoms with E-state index in [1.165, 1.54) is 6.07 Å². The minimum atomic E-state index is -3.19. The van der Waals surface area contributed by atoms with Crippen molar-refractivity contribution < 1.29 is 23.2 Å². The van der Waals surface area contributed by atoms with Gasteiger partial charge >= 0.3 is 11.7 Å². The van der Waals surface area contributed by atoms with Crippen LogP contribution in [-0.4, -0.2) is 23.0 Å². The molecule has 0 spiro atoms. The summed E-state index contributed by atoms with van der Waals surface area (Å²) in [6.07, 6.45) is -2.82. The van der Waals surface area contributed by atoms with Gasteiger partial charge in [0.05, 0.1) is 18.5 Å². The van der Waals surface area contributed by atoms with Gasteiger partial charge in [0.15, 0.2) is 5.69 Å². The Kier molecular flexibility index (Phi) is 4.41. The van der Waals surface area contributed by atoms with Gasteiger partial charge in [-0.3, -0.25) is 14.9 Å². The van der Waals surface area contributed by atoms with Crippen LogP contribution < -0.4 is 0 Å². The van der Waals surface area contributed by atoms with Crippen molar-refractivity contribution in [3.63, 3.8) is 0 Å². The quantitative estimate of drug-likeness (QED) is 0.466. The number of methoxy groups -OCH3 is 1. The molecule has 9 heteroatoms. The lowest BCUT2D eigenvalue weighted by molar-refractivity contribution is -0.386. The summed E-state index contributed by atoms with van der Waals surface area (Å²) in [5, 5.41) is 19.6. The average molecular weight is 271 g/mol. The van der Waals surface area contributed by atoms with Gasteiger partial charge < -0.3 is 4.74 Å². The van der Waals surface area contributed by atoms with Crippen LogP contribution in [0.15, 0.2) is 6.20 Å². The van der Waals surface area contributed by atoms with Crippen LogP contribution in [0.4, 0.5) is 14.5 Å². The van der Waals surface area contributed by atoms with Crippen molar-refractivity contribution in [2.24, 2.45) is 0 Å². The van der Waals surface area contributed by atoms with Crippen molar-refractivity contribution in [1.82, 2.24) is 4.98 Å². The summed E-state index contributed by atoms with van der Waals surface area (Å²) in [5.41, 5.74) is -2.93. The molecule has 19 heavy (non-hydrogen) atoms. The molecular formula is C10H7F2N3O4. The Morgan fingerprint density at radius 3 is 2.74 bits per heavy atom. The molecule has 0 N–H and O–H groups in total. The Morgan fingerprint density at radius 2 is 2.32 bits per heavy atom. The third-order valence-corrected chi connectivity index (χ3v) is 2.22. The van der Waals surface area contributed by atoms with E-state index in [0.717, 1.165) is 13.3 Å². The number of halogens is 2. The van der Waals surface area contributed by atoms with Crippen molar-refractivity contribution in [3.8, 4) is 6.07 Å². The summed E-state index contributed by atoms with van der Waals surface area (Å²) in [7, 11) is 1.09. The number of aromatic nitrogens is 1. The van der Waals surface area contributed by atoms with Crippen molar-refractivity contribution >= 4 is 11.7 Å². The smallest absolute Gasteiger partial charge is 0.314 e. The zero-order valence-electron chi connectivity index (χ0n) is 9.59. The van der Waals surface area contributed by atoms with E-state index in [1.807, 2.05) is 0 Å². The monoisotopic (exact) mass is 271 g/mol. The number of nitriles is 1. The topological polar surface area (TPSA) is 106 Å². The van der Waals surface area contributed by atoms with Crippen LogP contribution in [0, 0.1) is 21.4 Å². The van der Waals surface area contributed by atoms with Crippen LogP contribution in [0.3, 0.4) is 0 Å². The maximum atomic E-state index is 12.6. The molecule has 1 aromatic heterocycles. The lowest BCUT2D eigenvalue weighted by Crippen LogP contribution is -2.10. The van der Waals surface area contributed by atoms with Gasteiger partial charge in [-0.05, 0) is 0 Å². The molecule has 100 valence electrons. The van der Waals surface area contributed by atoms with Gasteiger partial charge in [-0.15, -0.1) is 0 Å². The third-order valence-electron chi connectivity index (χ3n) is 2.22. The largest absolute Gasteiger partial charge is 0.469 e. The van der Waals surface area contributed by atoms with Crippen LogP contribution >= 0.6 is 0 Å². The summed E-state index contributed by atoms with van der Waals surface area (Å²) in [6, 6.07) is 1.45. The lowest BCUT2D eigenvalue weighted by Gasteiger charge is -2.06. The fraction of sp³-hybridized carbons (Fsp3) is 0.300. The first-order chi connectivity index (χ1) is 8.92. The number of nitro groups is 1. The summed E-state index contributed by atoms with van der Waals surface area (Å²) in [6.45, 7) is 0. The Hall–Kier alpha value is -2.63. The zero-order valence-corrected chi connectivity index (χ0v) is 9.59. The van der Waals surface area contributed by atoms with E-state index >= 15 is 0 Å². The Morgan fingerprint density at radius 1 is 1.68 bits per heavy atom. The highest BCUT2D eigenvalue weighted by Crippen LogP contribution is 2.31. The molecule has 0 aliphatic rings. The maximum Gasteiger partial charge on any atom is 0.314 e. The first-order valence-corrected chi connectivity index (χ1v) is 4.83. The van der Waals surface area contributed by atoms with Crippen molar-refractivity contribution in [3.05, 3.63) is 33.1 Å². The van der Waals surface area contributed by atoms with Gasteiger partial charge in [0.2, 0.25) is 0 Å². The molecule has 0 radical (unpaired) electrons. The van der Waals surface area contributed by atoms with Crippen LogP contribution in [-0.2, 0) is 16.0 Å². The zero-order chi connectivity index (χ0) is 14.6. The Balaban J connectivity index is 3.46. The number of carbonyl (C=O) groups excluding carboxylic acids is 1. The first kappa shape index (κ1) is 14.4. The lowest BCUT2D eigenvalue weighted by atomic mass is 10.0. The highest BCUT2D eigenvalue weighted by molar-refractivity contribution is 5.74. The number of ether oxygens (including phenoxy) is 1. The summed E-state index contributed by atoms with van der Waals surface area (Å²) < 4.78 is 29.5. The first-order valence-electron chi connectivity index (χ1n) is 4.83. The van der Waals surface area contributed by atoms with Gasteiger partial charge in [-0.1, -0.05) is 0 Å². The number of hydrogen-bond acceptors (Lipinski definition) is 6. The molecule has 0 atom stereocenters. The van der Waals surface area contributed by atoms with E-state index in [4.69, 9.17) is 5.26 Å². The number of alkyl halides is 2. The molecule has 0 bridgehead atoms. The SMILES string of the molecule is COC(=O)Cc1cnc(C(F)F)c([N+](=O)[O-])c1C#N. The molecule has 0 aliphatic heterocycles. The molecule has 1 rings (SSSR count). The van der Waals surface area contributed by atoms with E-state index in [0.29, 0.717) is 0 Å². The molecule has 0 aromatic carbocycles. The molecule has 0 aliphatic carbocycles. The number of carbonyl (C=O) groups is 1. The number of hydrogen-bond donors (Lipinski definition) is 0. The van der Waals surface area contributed by atoms with Gasteiger partial charge in [-0.2, -0.15) is 5.26 Å². The average Bonchev–Trinajstić information content (AvgIpc) is 2.37. The maximum absolute atomic E-state index is 12.6. The minimum absolute atomic E-state index is 0.134. The number of pyridine rings is 1. The van der Waals surface area contributed by atoms with Crippen molar-refractivity contribution in [1.29, 1.82) is 5.26 Å². The number of nitrogens with zero attached hydrogens (tertiary/aromatic N) is 3. The fourth-order valence-corrected chi connectivity index (χ4v) is 1.38. The standard InChI is InChI=1S/C10H7F2N3O4/c1-19-7(16)2-5-4-14-8(10(11)12)9(15(17)18)6(5)3-13/h4,10H,2H2,1H3. The van der Waals surface area contributed by atoms with Crippen molar-refractivity contribution in [2.75, 3.05) is 7.11 Å². The van der Waals surface area contributed by atoms with E-state index in [1.54, 1.807) is 0 Å². The summed E-state index contributed by atoms with van der Waals surface area (Å²) in [5.74, 6) is -0.766. The molecule has 0 fully saturated rings. The molecule has 1 heterocycles. The molecule has 7 nitrogen and oxygen atoms in total. The highest BCUT2D eigenvalue weighted by atomic mass is 19.3. The van der Waals surface area contributed by atoms with E-state index in [9.17, 15) is 23.7 Å². The summed E-state index contributed by atoms with van der Waals surface area (Å²) >= 11 is 0.